The Bertz CT molecular complexity index is 237. The van der Waals surface area contributed by atoms with E-state index in [0.717, 1.165) is 12.3 Å². The molecule has 1 heterocycles. The van der Waals surface area contributed by atoms with Crippen molar-refractivity contribution in [3.63, 3.8) is 0 Å². The van der Waals surface area contributed by atoms with Crippen LogP contribution in [0.1, 0.15) is 32.1 Å². The van der Waals surface area contributed by atoms with Crippen molar-refractivity contribution >= 4 is 0 Å². The number of halogens is 3. The zero-order chi connectivity index (χ0) is 10.5. The number of hydrogen-bond donors (Lipinski definition) is 0. The van der Waals surface area contributed by atoms with Gasteiger partial charge in [-0.05, 0) is 6.07 Å². The third kappa shape index (κ3) is 3.53. The molecular formula is C9H13F3O. The fourth-order valence-corrected chi connectivity index (χ4v) is 0.715. The summed E-state index contributed by atoms with van der Waals surface area (Å²) in [6.07, 6.45) is -3.06. The number of rotatable bonds is 1. The van der Waals surface area contributed by atoms with Crippen LogP contribution in [0.2, 0.25) is 0 Å². The van der Waals surface area contributed by atoms with Crippen LogP contribution in [0, 0.1) is 0 Å². The van der Waals surface area contributed by atoms with Crippen LogP contribution in [-0.2, 0) is 12.6 Å². The maximum atomic E-state index is 11.9. The topological polar surface area (TPSA) is 13.1 Å². The van der Waals surface area contributed by atoms with E-state index in [9.17, 15) is 13.2 Å². The molecule has 0 unspecified atom stereocenters. The van der Waals surface area contributed by atoms with Crippen molar-refractivity contribution in [3.05, 3.63) is 23.7 Å². The van der Waals surface area contributed by atoms with Gasteiger partial charge in [-0.2, -0.15) is 13.2 Å². The largest absolute Gasteiger partial charge is 0.469 e. The average Bonchev–Trinajstić information content (AvgIpc) is 2.54. The average molecular weight is 194 g/mol. The highest BCUT2D eigenvalue weighted by Gasteiger charge is 2.32. The lowest BCUT2D eigenvalue weighted by Gasteiger charge is -1.99. The van der Waals surface area contributed by atoms with Gasteiger partial charge >= 0.3 is 6.18 Å². The molecule has 1 aromatic rings. The third-order valence-corrected chi connectivity index (χ3v) is 1.33. The van der Waals surface area contributed by atoms with E-state index >= 15 is 0 Å². The smallest absolute Gasteiger partial charge is 0.419 e. The van der Waals surface area contributed by atoms with Crippen molar-refractivity contribution in [3.8, 4) is 0 Å². The summed E-state index contributed by atoms with van der Waals surface area (Å²) in [5, 5.41) is 0. The van der Waals surface area contributed by atoms with Gasteiger partial charge in [0, 0.05) is 6.42 Å². The Labute approximate surface area is 75.6 Å². The molecule has 0 saturated carbocycles. The molecule has 4 heteroatoms. The molecule has 0 amide bonds. The minimum absolute atomic E-state index is 0.359. The van der Waals surface area contributed by atoms with Crippen LogP contribution in [0.4, 0.5) is 13.2 Å². The predicted octanol–water partition coefficient (Wildman–Crippen LogP) is 3.89. The molecule has 0 aliphatic heterocycles. The lowest BCUT2D eigenvalue weighted by atomic mass is 10.3. The van der Waals surface area contributed by atoms with E-state index in [-0.39, 0.29) is 0 Å². The van der Waals surface area contributed by atoms with Crippen molar-refractivity contribution < 1.29 is 17.6 Å². The SMILES string of the molecule is CC.CCc1cc(C(F)(F)F)co1. The minimum Gasteiger partial charge on any atom is -0.469 e. The van der Waals surface area contributed by atoms with Gasteiger partial charge in [0.05, 0.1) is 5.56 Å². The van der Waals surface area contributed by atoms with Crippen molar-refractivity contribution in [2.24, 2.45) is 0 Å². The number of furan rings is 1. The fourth-order valence-electron chi connectivity index (χ4n) is 0.715. The van der Waals surface area contributed by atoms with Gasteiger partial charge in [0.15, 0.2) is 0 Å². The summed E-state index contributed by atoms with van der Waals surface area (Å²) in [4.78, 5) is 0. The van der Waals surface area contributed by atoms with Crippen molar-refractivity contribution in [2.45, 2.75) is 33.4 Å². The second-order valence-corrected chi connectivity index (χ2v) is 2.15. The summed E-state index contributed by atoms with van der Waals surface area (Å²) in [5.41, 5.74) is -0.714. The summed E-state index contributed by atoms with van der Waals surface area (Å²) < 4.78 is 40.3. The van der Waals surface area contributed by atoms with E-state index < -0.39 is 11.7 Å². The summed E-state index contributed by atoms with van der Waals surface area (Å²) in [6, 6.07) is 1.01. The highest BCUT2D eigenvalue weighted by molar-refractivity contribution is 5.15. The first-order valence-electron chi connectivity index (χ1n) is 4.18. The van der Waals surface area contributed by atoms with Gasteiger partial charge in [-0.25, -0.2) is 0 Å². The Hall–Kier alpha value is -0.930. The Balaban J connectivity index is 0.000000671. The van der Waals surface area contributed by atoms with E-state index in [2.05, 4.69) is 4.42 Å². The van der Waals surface area contributed by atoms with Gasteiger partial charge in [0.25, 0.3) is 0 Å². The normalized spacial score (nSPS) is 10.6. The molecule has 0 radical (unpaired) electrons. The molecule has 0 fully saturated rings. The van der Waals surface area contributed by atoms with Crippen LogP contribution in [-0.4, -0.2) is 0 Å². The molecule has 1 rings (SSSR count). The van der Waals surface area contributed by atoms with Crippen molar-refractivity contribution in [1.82, 2.24) is 0 Å². The molecule has 0 atom stereocenters. The van der Waals surface area contributed by atoms with E-state index in [4.69, 9.17) is 0 Å². The lowest BCUT2D eigenvalue weighted by Crippen LogP contribution is -2.02. The van der Waals surface area contributed by atoms with E-state index in [1.54, 1.807) is 6.92 Å². The zero-order valence-corrected chi connectivity index (χ0v) is 7.90. The van der Waals surface area contributed by atoms with Gasteiger partial charge in [-0.3, -0.25) is 0 Å². The van der Waals surface area contributed by atoms with Gasteiger partial charge in [0.1, 0.15) is 12.0 Å². The first kappa shape index (κ1) is 12.1. The van der Waals surface area contributed by atoms with Gasteiger partial charge < -0.3 is 4.42 Å². The molecule has 0 bridgehead atoms. The molecular weight excluding hydrogens is 181 g/mol. The van der Waals surface area contributed by atoms with Crippen LogP contribution in [0.5, 0.6) is 0 Å². The molecule has 0 N–H and O–H groups in total. The number of aryl methyl sites for hydroxylation is 1. The van der Waals surface area contributed by atoms with Crippen LogP contribution in [0.25, 0.3) is 0 Å². The standard InChI is InChI=1S/C7H7F3O.C2H6/c1-2-6-3-5(4-11-6)7(8,9)10;1-2/h3-4H,2H2,1H3;1-2H3. The molecule has 0 aliphatic carbocycles. The summed E-state index contributed by atoms with van der Waals surface area (Å²) in [7, 11) is 0. The highest BCUT2D eigenvalue weighted by Crippen LogP contribution is 2.30. The maximum absolute atomic E-state index is 11.9. The Kier molecular flexibility index (Phi) is 4.59. The molecule has 13 heavy (non-hydrogen) atoms. The second kappa shape index (κ2) is 4.94. The fraction of sp³-hybridized carbons (Fsp3) is 0.556. The van der Waals surface area contributed by atoms with E-state index in [1.165, 1.54) is 0 Å². The molecule has 0 spiro atoms. The molecule has 0 aromatic carbocycles. The Morgan fingerprint density at radius 2 is 1.85 bits per heavy atom. The van der Waals surface area contributed by atoms with Crippen LogP contribution < -0.4 is 0 Å². The van der Waals surface area contributed by atoms with E-state index in [0.29, 0.717) is 12.2 Å². The molecule has 1 nitrogen and oxygen atoms in total. The third-order valence-electron chi connectivity index (χ3n) is 1.33. The van der Waals surface area contributed by atoms with Crippen molar-refractivity contribution in [2.75, 3.05) is 0 Å². The van der Waals surface area contributed by atoms with Gasteiger partial charge in [-0.1, -0.05) is 20.8 Å². The summed E-state index contributed by atoms with van der Waals surface area (Å²) >= 11 is 0. The lowest BCUT2D eigenvalue weighted by molar-refractivity contribution is -0.137. The predicted molar refractivity (Wildman–Crippen MR) is 44.4 cm³/mol. The first-order valence-corrected chi connectivity index (χ1v) is 4.18. The van der Waals surface area contributed by atoms with Gasteiger partial charge in [0.2, 0.25) is 0 Å². The monoisotopic (exact) mass is 194 g/mol. The maximum Gasteiger partial charge on any atom is 0.419 e. The highest BCUT2D eigenvalue weighted by atomic mass is 19.4. The van der Waals surface area contributed by atoms with Crippen LogP contribution in [0.15, 0.2) is 16.7 Å². The first-order chi connectivity index (χ1) is 6.04. The minimum atomic E-state index is -4.28. The van der Waals surface area contributed by atoms with Gasteiger partial charge in [-0.15, -0.1) is 0 Å². The molecule has 0 saturated heterocycles. The van der Waals surface area contributed by atoms with Crippen LogP contribution in [0.3, 0.4) is 0 Å². The summed E-state index contributed by atoms with van der Waals surface area (Å²) in [5.74, 6) is 0.359. The van der Waals surface area contributed by atoms with E-state index in [1.807, 2.05) is 13.8 Å². The zero-order valence-electron chi connectivity index (χ0n) is 7.90. The molecule has 1 aromatic heterocycles. The Morgan fingerprint density at radius 3 is 2.08 bits per heavy atom. The summed E-state index contributed by atoms with van der Waals surface area (Å²) in [6.45, 7) is 5.74. The number of alkyl halides is 3. The van der Waals surface area contributed by atoms with Crippen LogP contribution >= 0.6 is 0 Å². The quantitative estimate of drug-likeness (QED) is 0.661. The number of hydrogen-bond acceptors (Lipinski definition) is 1. The second-order valence-electron chi connectivity index (χ2n) is 2.15. The molecule has 0 aliphatic rings. The Morgan fingerprint density at radius 1 is 1.31 bits per heavy atom. The van der Waals surface area contributed by atoms with Crippen molar-refractivity contribution in [1.29, 1.82) is 0 Å². The molecule has 76 valence electrons.